The number of hydrogen-bond acceptors (Lipinski definition) is 4. The molecule has 0 radical (unpaired) electrons. The van der Waals surface area contributed by atoms with Crippen LogP contribution in [0.3, 0.4) is 0 Å². The minimum Gasteiger partial charge on any atom is -0.435 e. The molecule has 0 aromatic carbocycles. The highest BCUT2D eigenvalue weighted by Crippen LogP contribution is 2.11. The lowest BCUT2D eigenvalue weighted by molar-refractivity contribution is -0.177. The van der Waals surface area contributed by atoms with Gasteiger partial charge in [-0.05, 0) is 12.3 Å². The lowest BCUT2D eigenvalue weighted by Crippen LogP contribution is -2.26. The van der Waals surface area contributed by atoms with Crippen molar-refractivity contribution in [3.05, 3.63) is 0 Å². The molecule has 19 heavy (non-hydrogen) atoms. The summed E-state index contributed by atoms with van der Waals surface area (Å²) in [4.78, 5) is 11.0. The number of esters is 1. The maximum Gasteiger partial charge on any atom is 0.322 e. The zero-order chi connectivity index (χ0) is 14.5. The van der Waals surface area contributed by atoms with E-state index in [0.717, 1.165) is 12.3 Å². The van der Waals surface area contributed by atoms with Gasteiger partial charge in [0, 0.05) is 6.42 Å². The van der Waals surface area contributed by atoms with Gasteiger partial charge < -0.3 is 15.2 Å². The van der Waals surface area contributed by atoms with E-state index >= 15 is 0 Å². The van der Waals surface area contributed by atoms with E-state index in [-0.39, 0.29) is 6.54 Å². The number of carbonyl (C=O) groups excluding carboxylic acids is 1. The van der Waals surface area contributed by atoms with Gasteiger partial charge in [0.1, 0.15) is 0 Å². The fraction of sp³-hybridized carbons (Fsp3) is 0.933. The van der Waals surface area contributed by atoms with Crippen molar-refractivity contribution in [1.82, 2.24) is 0 Å². The summed E-state index contributed by atoms with van der Waals surface area (Å²) < 4.78 is 10.5. The first-order valence-electron chi connectivity index (χ1n) is 7.61. The van der Waals surface area contributed by atoms with E-state index in [9.17, 15) is 4.79 Å². The predicted molar refractivity (Wildman–Crippen MR) is 77.7 cm³/mol. The number of nitrogens with two attached hydrogens (primary N) is 1. The van der Waals surface area contributed by atoms with E-state index in [1.165, 1.54) is 32.1 Å². The Kier molecular flexibility index (Phi) is 12.0. The summed E-state index contributed by atoms with van der Waals surface area (Å²) in [5.41, 5.74) is 5.19. The van der Waals surface area contributed by atoms with Crippen LogP contribution in [0.4, 0.5) is 0 Å². The molecular weight excluding hydrogens is 242 g/mol. The minimum atomic E-state index is -0.433. The molecule has 0 rings (SSSR count). The van der Waals surface area contributed by atoms with Crippen LogP contribution in [-0.2, 0) is 14.3 Å². The molecule has 0 heterocycles. The molecule has 0 amide bonds. The molecule has 114 valence electrons. The van der Waals surface area contributed by atoms with Gasteiger partial charge in [-0.1, -0.05) is 52.9 Å². The molecule has 0 aliphatic heterocycles. The number of hydrogen-bond donors (Lipinski definition) is 1. The first-order chi connectivity index (χ1) is 9.10. The highest BCUT2D eigenvalue weighted by Gasteiger charge is 2.10. The molecule has 0 saturated heterocycles. The summed E-state index contributed by atoms with van der Waals surface area (Å²) in [5, 5.41) is 0. The summed E-state index contributed by atoms with van der Waals surface area (Å²) in [5.74, 6) is 0.409. The smallest absolute Gasteiger partial charge is 0.322 e. The molecule has 1 unspecified atom stereocenters. The Morgan fingerprint density at radius 3 is 2.32 bits per heavy atom. The SMILES string of the molecule is CCC(OCCCCCCCC(C)C)OC(=O)CN. The maximum absolute atomic E-state index is 11.0. The molecule has 4 heteroatoms. The molecule has 4 nitrogen and oxygen atoms in total. The monoisotopic (exact) mass is 273 g/mol. The molecule has 0 fully saturated rings. The van der Waals surface area contributed by atoms with E-state index < -0.39 is 12.3 Å². The standard InChI is InChI=1S/C15H31NO3/c1-4-15(19-14(17)12-16)18-11-9-7-5-6-8-10-13(2)3/h13,15H,4-12,16H2,1-3H3. The van der Waals surface area contributed by atoms with Crippen molar-refractivity contribution >= 4 is 5.97 Å². The molecule has 0 aliphatic carbocycles. The molecule has 0 aromatic heterocycles. The lowest BCUT2D eigenvalue weighted by atomic mass is 10.0. The molecule has 0 saturated carbocycles. The summed E-state index contributed by atoms with van der Waals surface area (Å²) in [6.45, 7) is 7.03. The van der Waals surface area contributed by atoms with Crippen LogP contribution in [0.1, 0.15) is 65.7 Å². The number of unbranched alkanes of at least 4 members (excludes halogenated alkanes) is 4. The Bertz CT molecular complexity index is 219. The Morgan fingerprint density at radius 2 is 1.74 bits per heavy atom. The van der Waals surface area contributed by atoms with Crippen LogP contribution in [0.25, 0.3) is 0 Å². The van der Waals surface area contributed by atoms with Crippen molar-refractivity contribution < 1.29 is 14.3 Å². The van der Waals surface area contributed by atoms with Crippen molar-refractivity contribution in [2.75, 3.05) is 13.2 Å². The molecule has 1 atom stereocenters. The second kappa shape index (κ2) is 12.4. The van der Waals surface area contributed by atoms with Crippen LogP contribution < -0.4 is 5.73 Å². The zero-order valence-corrected chi connectivity index (χ0v) is 12.8. The normalized spacial score (nSPS) is 12.7. The van der Waals surface area contributed by atoms with E-state index in [1.54, 1.807) is 0 Å². The van der Waals surface area contributed by atoms with Gasteiger partial charge in [-0.15, -0.1) is 0 Å². The predicted octanol–water partition coefficient (Wildman–Crippen LogP) is 3.24. The van der Waals surface area contributed by atoms with Gasteiger partial charge >= 0.3 is 5.97 Å². The Hall–Kier alpha value is -0.610. The van der Waals surface area contributed by atoms with E-state index in [2.05, 4.69) is 13.8 Å². The molecule has 0 spiro atoms. The number of ether oxygens (including phenoxy) is 2. The van der Waals surface area contributed by atoms with E-state index in [1.807, 2.05) is 6.92 Å². The number of carbonyl (C=O) groups is 1. The van der Waals surface area contributed by atoms with Gasteiger partial charge in [-0.2, -0.15) is 0 Å². The van der Waals surface area contributed by atoms with Crippen molar-refractivity contribution in [3.8, 4) is 0 Å². The molecule has 0 bridgehead atoms. The Balaban J connectivity index is 3.38. The number of rotatable bonds is 12. The summed E-state index contributed by atoms with van der Waals surface area (Å²) >= 11 is 0. The lowest BCUT2D eigenvalue weighted by Gasteiger charge is -2.16. The second-order valence-electron chi connectivity index (χ2n) is 5.35. The van der Waals surface area contributed by atoms with Crippen LogP contribution in [0.15, 0.2) is 0 Å². The highest BCUT2D eigenvalue weighted by molar-refractivity contribution is 5.71. The second-order valence-corrected chi connectivity index (χ2v) is 5.35. The zero-order valence-electron chi connectivity index (χ0n) is 12.8. The van der Waals surface area contributed by atoms with Gasteiger partial charge in [0.25, 0.3) is 0 Å². The fourth-order valence-electron chi connectivity index (χ4n) is 1.83. The minimum absolute atomic E-state index is 0.0876. The third kappa shape index (κ3) is 12.2. The van der Waals surface area contributed by atoms with Crippen LogP contribution in [0.2, 0.25) is 0 Å². The quantitative estimate of drug-likeness (QED) is 0.337. The van der Waals surface area contributed by atoms with Crippen LogP contribution >= 0.6 is 0 Å². The summed E-state index contributed by atoms with van der Waals surface area (Å²) in [7, 11) is 0. The average Bonchev–Trinajstić information content (AvgIpc) is 2.39. The third-order valence-electron chi connectivity index (χ3n) is 2.99. The van der Waals surface area contributed by atoms with Gasteiger partial charge in [0.15, 0.2) is 0 Å². The van der Waals surface area contributed by atoms with Gasteiger partial charge in [0.2, 0.25) is 6.29 Å². The largest absolute Gasteiger partial charge is 0.435 e. The summed E-state index contributed by atoms with van der Waals surface area (Å²) in [6, 6.07) is 0. The summed E-state index contributed by atoms with van der Waals surface area (Å²) in [6.07, 6.45) is 7.65. The topological polar surface area (TPSA) is 61.5 Å². The average molecular weight is 273 g/mol. The van der Waals surface area contributed by atoms with Gasteiger partial charge in [-0.3, -0.25) is 4.79 Å². The van der Waals surface area contributed by atoms with Crippen LogP contribution in [-0.4, -0.2) is 25.4 Å². The van der Waals surface area contributed by atoms with Crippen LogP contribution in [0, 0.1) is 5.92 Å². The van der Waals surface area contributed by atoms with Crippen molar-refractivity contribution in [1.29, 1.82) is 0 Å². The highest BCUT2D eigenvalue weighted by atomic mass is 16.7. The first kappa shape index (κ1) is 18.4. The first-order valence-corrected chi connectivity index (χ1v) is 7.61. The molecular formula is C15H31NO3. The van der Waals surface area contributed by atoms with Crippen molar-refractivity contribution in [2.45, 2.75) is 72.0 Å². The van der Waals surface area contributed by atoms with Crippen molar-refractivity contribution in [3.63, 3.8) is 0 Å². The van der Waals surface area contributed by atoms with E-state index in [4.69, 9.17) is 15.2 Å². The Morgan fingerprint density at radius 1 is 1.11 bits per heavy atom. The molecule has 0 aliphatic rings. The third-order valence-corrected chi connectivity index (χ3v) is 2.99. The maximum atomic E-state index is 11.0. The Labute approximate surface area is 118 Å². The van der Waals surface area contributed by atoms with Gasteiger partial charge in [0.05, 0.1) is 13.2 Å². The van der Waals surface area contributed by atoms with Gasteiger partial charge in [-0.25, -0.2) is 0 Å². The van der Waals surface area contributed by atoms with Crippen LogP contribution in [0.5, 0.6) is 0 Å². The molecule has 0 aromatic rings. The van der Waals surface area contributed by atoms with E-state index in [0.29, 0.717) is 13.0 Å². The molecule has 2 N–H and O–H groups in total. The van der Waals surface area contributed by atoms with Crippen molar-refractivity contribution in [2.24, 2.45) is 11.7 Å². The fourth-order valence-corrected chi connectivity index (χ4v) is 1.83.